The van der Waals surface area contributed by atoms with Crippen LogP contribution < -0.4 is 9.47 Å². The van der Waals surface area contributed by atoms with Crippen molar-refractivity contribution in [3.63, 3.8) is 0 Å². The Morgan fingerprint density at radius 1 is 0.852 bits per heavy atom. The minimum atomic E-state index is -0.204. The summed E-state index contributed by atoms with van der Waals surface area (Å²) in [5, 5.41) is 13.0. The molecule has 0 fully saturated rings. The molecule has 132 valence electrons. The van der Waals surface area contributed by atoms with E-state index in [1.165, 1.54) is 0 Å². The number of benzene rings is 3. The van der Waals surface area contributed by atoms with Gasteiger partial charge in [0.15, 0.2) is 6.10 Å². The van der Waals surface area contributed by atoms with Gasteiger partial charge in [-0.3, -0.25) is 0 Å². The molecular formula is C22H16N2O3. The molecule has 5 nitrogen and oxygen atoms in total. The number of nitriles is 1. The van der Waals surface area contributed by atoms with Gasteiger partial charge in [0.1, 0.15) is 17.2 Å². The molecule has 0 unspecified atom stereocenters. The quantitative estimate of drug-likeness (QED) is 0.644. The van der Waals surface area contributed by atoms with Gasteiger partial charge < -0.3 is 14.3 Å². The summed E-state index contributed by atoms with van der Waals surface area (Å²) < 4.78 is 11.5. The number of oxime groups is 1. The van der Waals surface area contributed by atoms with E-state index in [0.29, 0.717) is 23.6 Å². The summed E-state index contributed by atoms with van der Waals surface area (Å²) in [6.07, 6.45) is 0.320. The lowest BCUT2D eigenvalue weighted by atomic mass is 10.1. The normalized spacial score (nSPS) is 15.4. The molecule has 1 heterocycles. The molecule has 3 aromatic carbocycles. The fourth-order valence-electron chi connectivity index (χ4n) is 2.73. The van der Waals surface area contributed by atoms with Crippen LogP contribution in [0.1, 0.15) is 23.7 Å². The lowest BCUT2D eigenvalue weighted by molar-refractivity contribution is 0.0855. The van der Waals surface area contributed by atoms with Gasteiger partial charge in [0.05, 0.1) is 18.1 Å². The van der Waals surface area contributed by atoms with Crippen LogP contribution in [0.4, 0.5) is 0 Å². The van der Waals surface area contributed by atoms with E-state index in [2.05, 4.69) is 11.2 Å². The van der Waals surface area contributed by atoms with Gasteiger partial charge in [-0.05, 0) is 48.0 Å². The van der Waals surface area contributed by atoms with Gasteiger partial charge in [0, 0.05) is 0 Å². The van der Waals surface area contributed by atoms with Crippen molar-refractivity contribution in [3.8, 4) is 23.3 Å². The average Bonchev–Trinajstić information content (AvgIpc) is 3.18. The van der Waals surface area contributed by atoms with Gasteiger partial charge in [0.2, 0.25) is 5.90 Å². The molecule has 27 heavy (non-hydrogen) atoms. The Bertz CT molecular complexity index is 992. The topological polar surface area (TPSA) is 63.8 Å². The third-order valence-electron chi connectivity index (χ3n) is 4.07. The zero-order chi connectivity index (χ0) is 18.5. The third kappa shape index (κ3) is 4.07. The Hall–Kier alpha value is -3.78. The zero-order valence-corrected chi connectivity index (χ0v) is 14.4. The van der Waals surface area contributed by atoms with Crippen molar-refractivity contribution in [2.24, 2.45) is 5.16 Å². The Morgan fingerprint density at radius 2 is 1.59 bits per heavy atom. The maximum Gasteiger partial charge on any atom is 0.235 e. The molecule has 3 aromatic rings. The van der Waals surface area contributed by atoms with Crippen LogP contribution in [0.25, 0.3) is 0 Å². The number of ether oxygens (including phenoxy) is 2. The van der Waals surface area contributed by atoms with Crippen molar-refractivity contribution in [2.45, 2.75) is 12.5 Å². The minimum absolute atomic E-state index is 0.204. The highest BCUT2D eigenvalue weighted by atomic mass is 16.7. The van der Waals surface area contributed by atoms with Crippen LogP contribution in [0.15, 0.2) is 84.0 Å². The smallest absolute Gasteiger partial charge is 0.235 e. The van der Waals surface area contributed by atoms with Gasteiger partial charge in [-0.2, -0.15) is 5.26 Å². The molecule has 1 atom stereocenters. The fourth-order valence-corrected chi connectivity index (χ4v) is 2.73. The fraction of sp³-hybridized carbons (Fsp3) is 0.0909. The average molecular weight is 356 g/mol. The van der Waals surface area contributed by atoms with E-state index < -0.39 is 0 Å². The second-order valence-electron chi connectivity index (χ2n) is 6.01. The number of para-hydroxylation sites is 1. The first-order valence-corrected chi connectivity index (χ1v) is 8.54. The Labute approximate surface area is 157 Å². The van der Waals surface area contributed by atoms with Gasteiger partial charge in [-0.1, -0.05) is 41.6 Å². The Kier molecular flexibility index (Phi) is 4.71. The molecule has 0 aliphatic carbocycles. The molecular weight excluding hydrogens is 340 g/mol. The molecule has 0 bridgehead atoms. The highest BCUT2D eigenvalue weighted by Gasteiger charge is 2.24. The van der Waals surface area contributed by atoms with Crippen molar-refractivity contribution in [3.05, 3.63) is 90.0 Å². The van der Waals surface area contributed by atoms with E-state index in [9.17, 15) is 0 Å². The second kappa shape index (κ2) is 7.63. The van der Waals surface area contributed by atoms with Gasteiger partial charge in [0.25, 0.3) is 0 Å². The lowest BCUT2D eigenvalue weighted by Gasteiger charge is -2.10. The molecule has 1 aliphatic heterocycles. The molecule has 5 heteroatoms. The van der Waals surface area contributed by atoms with Crippen molar-refractivity contribution >= 4 is 5.90 Å². The maximum atomic E-state index is 8.96. The van der Waals surface area contributed by atoms with E-state index in [1.54, 1.807) is 24.3 Å². The second-order valence-corrected chi connectivity index (χ2v) is 6.01. The lowest BCUT2D eigenvalue weighted by Crippen LogP contribution is -2.07. The maximum absolute atomic E-state index is 8.96. The van der Waals surface area contributed by atoms with Crippen molar-refractivity contribution in [1.29, 1.82) is 5.26 Å². The van der Waals surface area contributed by atoms with E-state index in [1.807, 2.05) is 54.6 Å². The SMILES string of the molecule is N#Cc1cccc(OC2=NO[C@H](c3ccc(Oc4ccccc4)cc3)C2)c1. The minimum Gasteiger partial charge on any atom is -0.457 e. The first-order valence-electron chi connectivity index (χ1n) is 8.54. The zero-order valence-electron chi connectivity index (χ0n) is 14.4. The molecule has 0 saturated heterocycles. The van der Waals surface area contributed by atoms with Gasteiger partial charge in [-0.15, -0.1) is 0 Å². The first-order chi connectivity index (χ1) is 13.3. The van der Waals surface area contributed by atoms with Gasteiger partial charge >= 0.3 is 0 Å². The summed E-state index contributed by atoms with van der Waals surface area (Å²) in [6.45, 7) is 0. The summed E-state index contributed by atoms with van der Waals surface area (Å²) in [6, 6.07) is 26.4. The predicted octanol–water partition coefficient (Wildman–Crippen LogP) is 5.20. The molecule has 0 saturated carbocycles. The highest BCUT2D eigenvalue weighted by Crippen LogP contribution is 2.30. The number of hydrogen-bond donors (Lipinski definition) is 0. The number of hydrogen-bond acceptors (Lipinski definition) is 5. The monoisotopic (exact) mass is 356 g/mol. The predicted molar refractivity (Wildman–Crippen MR) is 101 cm³/mol. The molecule has 0 amide bonds. The Morgan fingerprint density at radius 3 is 2.37 bits per heavy atom. The van der Waals surface area contributed by atoms with E-state index in [4.69, 9.17) is 19.6 Å². The van der Waals surface area contributed by atoms with Crippen LogP contribution in [0, 0.1) is 11.3 Å². The van der Waals surface area contributed by atoms with Crippen LogP contribution in [-0.4, -0.2) is 5.90 Å². The molecule has 0 N–H and O–H groups in total. The molecule has 4 rings (SSSR count). The van der Waals surface area contributed by atoms with Crippen molar-refractivity contribution in [2.75, 3.05) is 0 Å². The summed E-state index contributed by atoms with van der Waals surface area (Å²) in [5.74, 6) is 2.61. The standard InChI is InChI=1S/C22H16N2O3/c23-15-16-5-4-8-20(13-16)26-22-14-21(27-24-22)17-9-11-19(12-10-17)25-18-6-2-1-3-7-18/h1-13,21H,14H2/t21-/m0/s1. The van der Waals surface area contributed by atoms with Crippen LogP contribution in [0.3, 0.4) is 0 Å². The summed E-state index contributed by atoms with van der Waals surface area (Å²) in [7, 11) is 0. The third-order valence-corrected chi connectivity index (χ3v) is 4.07. The first kappa shape index (κ1) is 16.7. The van der Waals surface area contributed by atoms with Crippen LogP contribution >= 0.6 is 0 Å². The number of rotatable bonds is 4. The van der Waals surface area contributed by atoms with Crippen LogP contribution in [0.2, 0.25) is 0 Å². The summed E-state index contributed by atoms with van der Waals surface area (Å²) in [4.78, 5) is 5.50. The van der Waals surface area contributed by atoms with Crippen molar-refractivity contribution < 1.29 is 14.3 Å². The largest absolute Gasteiger partial charge is 0.457 e. The molecule has 1 aliphatic rings. The highest BCUT2D eigenvalue weighted by molar-refractivity contribution is 5.80. The van der Waals surface area contributed by atoms with Crippen LogP contribution in [0.5, 0.6) is 17.2 Å². The molecule has 0 aromatic heterocycles. The van der Waals surface area contributed by atoms with E-state index in [0.717, 1.165) is 17.1 Å². The van der Waals surface area contributed by atoms with Crippen LogP contribution in [-0.2, 0) is 4.84 Å². The van der Waals surface area contributed by atoms with E-state index >= 15 is 0 Å². The Balaban J connectivity index is 1.37. The summed E-state index contributed by atoms with van der Waals surface area (Å²) in [5.41, 5.74) is 1.53. The van der Waals surface area contributed by atoms with Gasteiger partial charge in [-0.25, -0.2) is 0 Å². The number of nitrogens with zero attached hydrogens (tertiary/aromatic N) is 2. The van der Waals surface area contributed by atoms with E-state index in [-0.39, 0.29) is 6.10 Å². The molecule has 0 radical (unpaired) electrons. The summed E-state index contributed by atoms with van der Waals surface area (Å²) >= 11 is 0. The van der Waals surface area contributed by atoms with Crippen molar-refractivity contribution in [1.82, 2.24) is 0 Å². The molecule has 0 spiro atoms.